The quantitative estimate of drug-likeness (QED) is 0.804. The van der Waals surface area contributed by atoms with Crippen molar-refractivity contribution in [2.45, 2.75) is 23.4 Å². The summed E-state index contributed by atoms with van der Waals surface area (Å²) in [5.41, 5.74) is 0.646. The van der Waals surface area contributed by atoms with E-state index in [0.29, 0.717) is 5.69 Å². The van der Waals surface area contributed by atoms with Crippen LogP contribution < -0.4 is 0 Å². The third kappa shape index (κ3) is 2.41. The fraction of sp³-hybridized carbons (Fsp3) is 0.556. The third-order valence-electron chi connectivity index (χ3n) is 2.10. The number of carbonyl (C=O) groups is 1. The van der Waals surface area contributed by atoms with Crippen LogP contribution in [0.15, 0.2) is 9.72 Å². The van der Waals surface area contributed by atoms with Crippen molar-refractivity contribution in [1.82, 2.24) is 9.88 Å². The van der Waals surface area contributed by atoms with Gasteiger partial charge in [-0.2, -0.15) is 0 Å². The van der Waals surface area contributed by atoms with Gasteiger partial charge in [-0.15, -0.1) is 11.3 Å². The van der Waals surface area contributed by atoms with Crippen molar-refractivity contribution in [3.05, 3.63) is 11.1 Å². The fourth-order valence-corrected chi connectivity index (χ4v) is 3.80. The molecule has 0 fully saturated rings. The van der Waals surface area contributed by atoms with E-state index in [-0.39, 0.29) is 4.34 Å². The summed E-state index contributed by atoms with van der Waals surface area (Å²) < 4.78 is 24.0. The molecule has 1 aromatic rings. The van der Waals surface area contributed by atoms with Crippen molar-refractivity contribution in [1.29, 1.82) is 0 Å². The van der Waals surface area contributed by atoms with Crippen LogP contribution in [-0.2, 0) is 14.6 Å². The molecule has 5 nitrogen and oxygen atoms in total. The molecule has 1 heterocycles. The van der Waals surface area contributed by atoms with Gasteiger partial charge in [-0.25, -0.2) is 13.4 Å². The number of sulfone groups is 1. The molecule has 0 radical (unpaired) electrons. The minimum Gasteiger partial charge on any atom is -0.348 e. The maximum absolute atomic E-state index is 12.0. The summed E-state index contributed by atoms with van der Waals surface area (Å²) in [6.07, 6.45) is 0. The van der Waals surface area contributed by atoms with Crippen LogP contribution >= 0.6 is 11.3 Å². The Morgan fingerprint density at radius 1 is 1.50 bits per heavy atom. The van der Waals surface area contributed by atoms with Gasteiger partial charge in [0.2, 0.25) is 20.1 Å². The molecule has 1 aromatic heterocycles. The minimum absolute atomic E-state index is 0.00713. The van der Waals surface area contributed by atoms with E-state index < -0.39 is 21.0 Å². The van der Waals surface area contributed by atoms with Gasteiger partial charge in [-0.05, 0) is 13.8 Å². The summed E-state index contributed by atoms with van der Waals surface area (Å²) in [6, 6.07) is 0. The zero-order valence-corrected chi connectivity index (χ0v) is 11.2. The van der Waals surface area contributed by atoms with Crippen molar-refractivity contribution in [3.8, 4) is 0 Å². The van der Waals surface area contributed by atoms with Crippen molar-refractivity contribution < 1.29 is 13.2 Å². The van der Waals surface area contributed by atoms with E-state index in [1.807, 2.05) is 0 Å². The number of hydrogen-bond acceptors (Lipinski definition) is 5. The maximum atomic E-state index is 12.0. The van der Waals surface area contributed by atoms with E-state index in [9.17, 15) is 13.2 Å². The first kappa shape index (κ1) is 13.1. The highest BCUT2D eigenvalue weighted by molar-refractivity contribution is 7.94. The van der Waals surface area contributed by atoms with Crippen LogP contribution in [0.4, 0.5) is 0 Å². The van der Waals surface area contributed by atoms with Crippen LogP contribution in [0.5, 0.6) is 0 Å². The molecule has 0 N–H and O–H groups in total. The number of nitrogens with zero attached hydrogens (tertiary/aromatic N) is 2. The first-order valence-corrected chi connectivity index (χ1v) is 7.06. The summed E-state index contributed by atoms with van der Waals surface area (Å²) in [6.45, 7) is 3.10. The van der Waals surface area contributed by atoms with Gasteiger partial charge < -0.3 is 4.90 Å². The molecule has 0 bridgehead atoms. The molecule has 90 valence electrons. The van der Waals surface area contributed by atoms with Crippen molar-refractivity contribution >= 4 is 27.1 Å². The number of hydrogen-bond donors (Lipinski definition) is 0. The second kappa shape index (κ2) is 4.50. The highest BCUT2D eigenvalue weighted by atomic mass is 32.2. The van der Waals surface area contributed by atoms with E-state index in [1.165, 1.54) is 25.9 Å². The molecular weight excluding hydrogens is 248 g/mol. The van der Waals surface area contributed by atoms with Gasteiger partial charge in [-0.3, -0.25) is 4.79 Å². The summed E-state index contributed by atoms with van der Waals surface area (Å²) in [5.74, 6) is -0.437. The Bertz CT molecular complexity index is 491. The molecule has 1 atom stereocenters. The molecule has 0 aliphatic carbocycles. The van der Waals surface area contributed by atoms with Gasteiger partial charge in [0, 0.05) is 25.2 Å². The maximum Gasteiger partial charge on any atom is 0.240 e. The molecule has 1 unspecified atom stereocenters. The molecule has 0 aliphatic rings. The smallest absolute Gasteiger partial charge is 0.240 e. The van der Waals surface area contributed by atoms with Gasteiger partial charge in [0.25, 0.3) is 0 Å². The zero-order valence-electron chi connectivity index (χ0n) is 9.59. The van der Waals surface area contributed by atoms with Crippen LogP contribution in [0.1, 0.15) is 12.6 Å². The number of aromatic nitrogens is 1. The lowest BCUT2D eigenvalue weighted by Crippen LogP contribution is -2.37. The molecular formula is C9H14N2O3S2. The average Bonchev–Trinajstić information content (AvgIpc) is 2.62. The third-order valence-corrected chi connectivity index (χ3v) is 5.54. The number of carbonyl (C=O) groups excluding carboxylic acids is 1. The highest BCUT2D eigenvalue weighted by Gasteiger charge is 2.32. The Labute approximate surface area is 99.0 Å². The Morgan fingerprint density at radius 3 is 2.44 bits per heavy atom. The van der Waals surface area contributed by atoms with Gasteiger partial charge >= 0.3 is 0 Å². The van der Waals surface area contributed by atoms with Crippen molar-refractivity contribution in [2.24, 2.45) is 0 Å². The van der Waals surface area contributed by atoms with E-state index in [2.05, 4.69) is 4.98 Å². The Balaban J connectivity index is 3.08. The second-order valence-electron chi connectivity index (χ2n) is 3.67. The number of rotatable bonds is 3. The largest absolute Gasteiger partial charge is 0.348 e. The first-order chi connectivity index (χ1) is 7.26. The van der Waals surface area contributed by atoms with Crippen LogP contribution in [0.3, 0.4) is 0 Å². The second-order valence-corrected chi connectivity index (χ2v) is 6.98. The fourth-order valence-electron chi connectivity index (χ4n) is 1.11. The van der Waals surface area contributed by atoms with Crippen LogP contribution in [0.2, 0.25) is 0 Å². The molecule has 7 heteroatoms. The molecule has 0 saturated carbocycles. The molecule has 0 saturated heterocycles. The molecule has 1 rings (SSSR count). The van der Waals surface area contributed by atoms with Crippen molar-refractivity contribution in [3.63, 3.8) is 0 Å². The minimum atomic E-state index is -3.65. The van der Waals surface area contributed by atoms with Crippen LogP contribution in [0, 0.1) is 6.92 Å². The molecule has 16 heavy (non-hydrogen) atoms. The number of amides is 1. The van der Waals surface area contributed by atoms with Gasteiger partial charge in [0.1, 0.15) is 5.25 Å². The van der Waals surface area contributed by atoms with Gasteiger partial charge in [0.15, 0.2) is 0 Å². The lowest BCUT2D eigenvalue weighted by atomic mass is 10.4. The van der Waals surface area contributed by atoms with E-state index in [0.717, 1.165) is 11.3 Å². The lowest BCUT2D eigenvalue weighted by molar-refractivity contribution is -0.127. The molecule has 0 spiro atoms. The summed E-state index contributed by atoms with van der Waals surface area (Å²) in [7, 11) is -0.588. The topological polar surface area (TPSA) is 67.3 Å². The average molecular weight is 262 g/mol. The monoisotopic (exact) mass is 262 g/mol. The first-order valence-electron chi connectivity index (χ1n) is 4.64. The van der Waals surface area contributed by atoms with Crippen LogP contribution in [0.25, 0.3) is 0 Å². The lowest BCUT2D eigenvalue weighted by Gasteiger charge is -2.15. The molecule has 0 aromatic carbocycles. The zero-order chi connectivity index (χ0) is 12.5. The van der Waals surface area contributed by atoms with E-state index in [1.54, 1.807) is 12.3 Å². The molecule has 1 amide bonds. The van der Waals surface area contributed by atoms with Gasteiger partial charge in [-0.1, -0.05) is 0 Å². The Hall–Kier alpha value is -0.950. The van der Waals surface area contributed by atoms with Crippen molar-refractivity contribution in [2.75, 3.05) is 14.1 Å². The predicted molar refractivity (Wildman–Crippen MR) is 62.2 cm³/mol. The highest BCUT2D eigenvalue weighted by Crippen LogP contribution is 2.21. The Kier molecular flexibility index (Phi) is 3.69. The number of thiazole rings is 1. The van der Waals surface area contributed by atoms with Crippen LogP contribution in [-0.4, -0.2) is 43.6 Å². The summed E-state index contributed by atoms with van der Waals surface area (Å²) >= 11 is 1.04. The SMILES string of the molecule is Cc1csc(S(=O)(=O)C(C)C(=O)N(C)C)n1. The predicted octanol–water partition coefficient (Wildman–Crippen LogP) is 0.702. The summed E-state index contributed by atoms with van der Waals surface area (Å²) in [5, 5.41) is 0.563. The standard InChI is InChI=1S/C9H14N2O3S2/c1-6-5-15-9(10-6)16(13,14)7(2)8(12)11(3)4/h5,7H,1-4H3. The normalized spacial score (nSPS) is 13.5. The van der Waals surface area contributed by atoms with E-state index >= 15 is 0 Å². The van der Waals surface area contributed by atoms with E-state index in [4.69, 9.17) is 0 Å². The Morgan fingerprint density at radius 2 is 2.06 bits per heavy atom. The van der Waals surface area contributed by atoms with Gasteiger partial charge in [0.05, 0.1) is 0 Å². The molecule has 0 aliphatic heterocycles. The summed E-state index contributed by atoms with van der Waals surface area (Å²) in [4.78, 5) is 16.8. The number of aryl methyl sites for hydroxylation is 1.